The second-order valence-corrected chi connectivity index (χ2v) is 6.97. The quantitative estimate of drug-likeness (QED) is 0.760. The average molecular weight is 389 g/mol. The molecule has 1 aliphatic rings. The van der Waals surface area contributed by atoms with Crippen LogP contribution in [-0.2, 0) is 31.9 Å². The zero-order valence-electron chi connectivity index (χ0n) is 15.0. The van der Waals surface area contributed by atoms with Crippen molar-refractivity contribution in [2.75, 3.05) is 27.4 Å². The van der Waals surface area contributed by atoms with Gasteiger partial charge in [-0.2, -0.15) is 0 Å². The monoisotopic (exact) mass is 389 g/mol. The van der Waals surface area contributed by atoms with Crippen molar-refractivity contribution in [3.8, 4) is 16.2 Å². The number of esters is 2. The van der Waals surface area contributed by atoms with Crippen LogP contribution in [0.1, 0.15) is 20.8 Å². The molecule has 0 aliphatic heterocycles. The van der Waals surface area contributed by atoms with Crippen LogP contribution in [0.4, 0.5) is 0 Å². The molecule has 0 saturated carbocycles. The lowest BCUT2D eigenvalue weighted by atomic mass is 9.91. The zero-order valence-corrected chi connectivity index (χ0v) is 15.8. The summed E-state index contributed by atoms with van der Waals surface area (Å²) in [6.45, 7) is -0.716. The molecule has 142 valence electrons. The summed E-state index contributed by atoms with van der Waals surface area (Å²) in [5.74, 6) is -0.882. The van der Waals surface area contributed by atoms with Gasteiger partial charge >= 0.3 is 11.9 Å². The van der Waals surface area contributed by atoms with Gasteiger partial charge in [-0.15, -0.1) is 11.3 Å². The molecule has 0 radical (unpaired) electrons. The van der Waals surface area contributed by atoms with E-state index in [4.69, 9.17) is 9.47 Å². The van der Waals surface area contributed by atoms with E-state index in [2.05, 4.69) is 10.1 Å². The molecule has 2 aromatic rings. The van der Waals surface area contributed by atoms with E-state index in [0.29, 0.717) is 4.88 Å². The molecule has 8 heteroatoms. The van der Waals surface area contributed by atoms with Crippen molar-refractivity contribution in [2.24, 2.45) is 0 Å². The van der Waals surface area contributed by atoms with Crippen molar-refractivity contribution >= 4 is 29.2 Å². The highest BCUT2D eigenvalue weighted by Crippen LogP contribution is 2.40. The number of thiophene rings is 1. The largest absolute Gasteiger partial charge is 0.497 e. The molecule has 0 fully saturated rings. The van der Waals surface area contributed by atoms with E-state index in [1.807, 2.05) is 24.3 Å². The SMILES string of the molecule is COC(=O)CNC(=O)COC(=O)c1cc2c(s1)-c1ccc(OC)cc1CC2. The Hall–Kier alpha value is -2.87. The molecule has 0 bridgehead atoms. The van der Waals surface area contributed by atoms with E-state index in [9.17, 15) is 14.4 Å². The van der Waals surface area contributed by atoms with Crippen LogP contribution >= 0.6 is 11.3 Å². The predicted molar refractivity (Wildman–Crippen MR) is 99.0 cm³/mol. The molecule has 0 saturated heterocycles. The summed E-state index contributed by atoms with van der Waals surface area (Å²) in [7, 11) is 2.86. The van der Waals surface area contributed by atoms with E-state index < -0.39 is 24.5 Å². The lowest BCUT2D eigenvalue weighted by molar-refractivity contribution is -0.141. The van der Waals surface area contributed by atoms with Crippen LogP contribution in [0.3, 0.4) is 0 Å². The minimum Gasteiger partial charge on any atom is -0.497 e. The second-order valence-electron chi connectivity index (χ2n) is 5.92. The Kier molecular flexibility index (Phi) is 5.75. The maximum absolute atomic E-state index is 12.3. The van der Waals surface area contributed by atoms with Gasteiger partial charge in [0, 0.05) is 4.88 Å². The lowest BCUT2D eigenvalue weighted by Crippen LogP contribution is -2.33. The van der Waals surface area contributed by atoms with Crippen LogP contribution in [0.15, 0.2) is 24.3 Å². The van der Waals surface area contributed by atoms with Crippen molar-refractivity contribution in [2.45, 2.75) is 12.8 Å². The molecule has 7 nitrogen and oxygen atoms in total. The molecular weight excluding hydrogens is 370 g/mol. The van der Waals surface area contributed by atoms with Crippen molar-refractivity contribution in [3.63, 3.8) is 0 Å². The number of benzene rings is 1. The lowest BCUT2D eigenvalue weighted by Gasteiger charge is -2.16. The normalized spacial score (nSPS) is 11.8. The molecule has 0 unspecified atom stereocenters. The van der Waals surface area contributed by atoms with Crippen LogP contribution in [0.5, 0.6) is 5.75 Å². The maximum atomic E-state index is 12.3. The van der Waals surface area contributed by atoms with Crippen molar-refractivity contribution in [3.05, 3.63) is 40.3 Å². The minimum atomic E-state index is -0.573. The van der Waals surface area contributed by atoms with Gasteiger partial charge in [0.25, 0.3) is 5.91 Å². The van der Waals surface area contributed by atoms with Crippen LogP contribution < -0.4 is 10.1 Å². The Morgan fingerprint density at radius 1 is 1.11 bits per heavy atom. The smallest absolute Gasteiger partial charge is 0.348 e. The molecule has 1 aromatic carbocycles. The molecule has 27 heavy (non-hydrogen) atoms. The number of rotatable bonds is 6. The third-order valence-electron chi connectivity index (χ3n) is 4.22. The molecule has 0 atom stereocenters. The van der Waals surface area contributed by atoms with Gasteiger partial charge < -0.3 is 19.5 Å². The Bertz CT molecular complexity index is 888. The molecular formula is C19H19NO6S. The molecule has 1 aliphatic carbocycles. The van der Waals surface area contributed by atoms with Gasteiger partial charge in [-0.3, -0.25) is 9.59 Å². The Morgan fingerprint density at radius 3 is 2.63 bits per heavy atom. The first kappa shape index (κ1) is 18.9. The Morgan fingerprint density at radius 2 is 1.89 bits per heavy atom. The number of hydrogen-bond donors (Lipinski definition) is 1. The fraction of sp³-hybridized carbons (Fsp3) is 0.316. The fourth-order valence-corrected chi connectivity index (χ4v) is 4.00. The zero-order chi connectivity index (χ0) is 19.4. The van der Waals surface area contributed by atoms with Gasteiger partial charge in [0.1, 0.15) is 17.2 Å². The van der Waals surface area contributed by atoms with Gasteiger partial charge in [-0.1, -0.05) is 0 Å². The van der Waals surface area contributed by atoms with Crippen LogP contribution in [-0.4, -0.2) is 45.2 Å². The number of aryl methyl sites for hydroxylation is 2. The molecule has 0 spiro atoms. The molecule has 1 aromatic heterocycles. The molecule has 1 heterocycles. The second kappa shape index (κ2) is 8.22. The number of nitrogens with one attached hydrogen (secondary N) is 1. The number of carbonyl (C=O) groups is 3. The third-order valence-corrected chi connectivity index (χ3v) is 5.41. The predicted octanol–water partition coefficient (Wildman–Crippen LogP) is 1.97. The summed E-state index contributed by atoms with van der Waals surface area (Å²) in [6, 6.07) is 7.73. The first-order valence-corrected chi connectivity index (χ1v) is 9.14. The van der Waals surface area contributed by atoms with E-state index in [-0.39, 0.29) is 6.54 Å². The summed E-state index contributed by atoms with van der Waals surface area (Å²) < 4.78 is 14.7. The summed E-state index contributed by atoms with van der Waals surface area (Å²) >= 11 is 1.35. The number of ether oxygens (including phenoxy) is 3. The topological polar surface area (TPSA) is 90.9 Å². The standard InChI is InChI=1S/C19H19NO6S/c1-24-13-5-6-14-11(7-13)3-4-12-8-15(27-18(12)14)19(23)26-10-16(21)20-9-17(22)25-2/h5-8H,3-4,9-10H2,1-2H3,(H,20,21). The van der Waals surface area contributed by atoms with Crippen LogP contribution in [0.2, 0.25) is 0 Å². The first-order valence-electron chi connectivity index (χ1n) is 8.32. The number of hydrogen-bond acceptors (Lipinski definition) is 7. The number of carbonyl (C=O) groups excluding carboxylic acids is 3. The summed E-state index contributed by atoms with van der Waals surface area (Å²) in [4.78, 5) is 36.4. The van der Waals surface area contributed by atoms with E-state index >= 15 is 0 Å². The van der Waals surface area contributed by atoms with Crippen LogP contribution in [0, 0.1) is 0 Å². The highest BCUT2D eigenvalue weighted by atomic mass is 32.1. The molecule has 3 rings (SSSR count). The number of fused-ring (bicyclic) bond motifs is 3. The van der Waals surface area contributed by atoms with Crippen molar-refractivity contribution in [1.82, 2.24) is 5.32 Å². The Labute approximate surface area is 160 Å². The number of amides is 1. The Balaban J connectivity index is 1.65. The maximum Gasteiger partial charge on any atom is 0.348 e. The highest BCUT2D eigenvalue weighted by molar-refractivity contribution is 7.17. The van der Waals surface area contributed by atoms with Gasteiger partial charge in [-0.25, -0.2) is 4.79 Å². The first-order chi connectivity index (χ1) is 13.0. The van der Waals surface area contributed by atoms with Crippen LogP contribution in [0.25, 0.3) is 10.4 Å². The van der Waals surface area contributed by atoms with E-state index in [0.717, 1.165) is 34.6 Å². The third kappa shape index (κ3) is 4.28. The van der Waals surface area contributed by atoms with Gasteiger partial charge in [0.05, 0.1) is 14.2 Å². The van der Waals surface area contributed by atoms with Gasteiger partial charge in [-0.05, 0) is 53.8 Å². The summed E-state index contributed by atoms with van der Waals surface area (Å²) in [6.07, 6.45) is 1.71. The molecule has 1 amide bonds. The van der Waals surface area contributed by atoms with Gasteiger partial charge in [0.2, 0.25) is 0 Å². The molecule has 1 N–H and O–H groups in total. The van der Waals surface area contributed by atoms with Crippen molar-refractivity contribution < 1.29 is 28.6 Å². The summed E-state index contributed by atoms with van der Waals surface area (Å²) in [5.41, 5.74) is 3.38. The number of methoxy groups -OCH3 is 2. The fourth-order valence-electron chi connectivity index (χ4n) is 2.83. The summed E-state index contributed by atoms with van der Waals surface area (Å²) in [5, 5.41) is 2.31. The average Bonchev–Trinajstić information content (AvgIpc) is 3.14. The van der Waals surface area contributed by atoms with Gasteiger partial charge in [0.15, 0.2) is 6.61 Å². The van der Waals surface area contributed by atoms with E-state index in [1.165, 1.54) is 24.0 Å². The van der Waals surface area contributed by atoms with Crippen molar-refractivity contribution in [1.29, 1.82) is 0 Å². The van der Waals surface area contributed by atoms with E-state index in [1.54, 1.807) is 7.11 Å². The minimum absolute atomic E-state index is 0.263. The highest BCUT2D eigenvalue weighted by Gasteiger charge is 2.23.